The molecule has 1 aliphatic heterocycles. The molecule has 0 amide bonds. The number of aromatic nitrogens is 1. The van der Waals surface area contributed by atoms with E-state index >= 15 is 0 Å². The van der Waals surface area contributed by atoms with E-state index in [-0.39, 0.29) is 12.4 Å². The molecule has 0 unspecified atom stereocenters. The fourth-order valence-electron chi connectivity index (χ4n) is 2.70. The number of hydrogen-bond donors (Lipinski definition) is 1. The number of unbranched alkanes of at least 4 members (excludes halogenated alkanes) is 1. The van der Waals surface area contributed by atoms with E-state index in [0.717, 1.165) is 43.8 Å². The molecule has 5 nitrogen and oxygen atoms in total. The molecular formula is C18H31ClN4O. The van der Waals surface area contributed by atoms with Crippen LogP contribution >= 0.6 is 12.4 Å². The number of nitrogens with one attached hydrogen (secondary N) is 1. The van der Waals surface area contributed by atoms with Crippen LogP contribution in [0.4, 0.5) is 0 Å². The van der Waals surface area contributed by atoms with Gasteiger partial charge in [0.25, 0.3) is 0 Å². The highest BCUT2D eigenvalue weighted by Crippen LogP contribution is 2.08. The van der Waals surface area contributed by atoms with Gasteiger partial charge in [0.15, 0.2) is 5.84 Å². The first-order valence-corrected chi connectivity index (χ1v) is 8.95. The molecule has 1 aliphatic rings. The molecule has 2 heterocycles. The molecule has 0 bridgehead atoms. The first-order valence-electron chi connectivity index (χ1n) is 8.95. The van der Waals surface area contributed by atoms with Gasteiger partial charge in [-0.15, -0.1) is 12.4 Å². The van der Waals surface area contributed by atoms with Crippen LogP contribution in [0.15, 0.2) is 29.5 Å². The maximum Gasteiger partial charge on any atom is 0.153 e. The molecule has 1 N–H and O–H groups in total. The minimum atomic E-state index is 0. The Labute approximate surface area is 152 Å². The Morgan fingerprint density at radius 3 is 2.83 bits per heavy atom. The lowest BCUT2D eigenvalue weighted by atomic mass is 10.1. The Morgan fingerprint density at radius 1 is 1.29 bits per heavy atom. The summed E-state index contributed by atoms with van der Waals surface area (Å²) in [6.45, 7) is 7.29. The minimum absolute atomic E-state index is 0. The topological polar surface area (TPSA) is 49.8 Å². The standard InChI is InChI=1S/C18H30N4O.ClH/c1-2-3-11-20-18(17-9-7-10-19-16-17)21-23-15-8-14-22-12-5-4-6-13-22;/h7,9-10,16H,2-6,8,11-15H2,1H3,(H,20,21);1H. The quantitative estimate of drug-likeness (QED) is 0.319. The third-order valence-corrected chi connectivity index (χ3v) is 4.05. The lowest BCUT2D eigenvalue weighted by Gasteiger charge is -2.26. The third-order valence-electron chi connectivity index (χ3n) is 4.05. The monoisotopic (exact) mass is 354 g/mol. The average Bonchev–Trinajstić information content (AvgIpc) is 2.62. The molecule has 1 fully saturated rings. The third kappa shape index (κ3) is 8.08. The number of pyridine rings is 1. The van der Waals surface area contributed by atoms with Gasteiger partial charge in [-0.05, 0) is 50.9 Å². The molecule has 6 heteroatoms. The summed E-state index contributed by atoms with van der Waals surface area (Å²) in [6.07, 6.45) is 10.9. The van der Waals surface area contributed by atoms with E-state index in [1.54, 1.807) is 6.20 Å². The molecule has 136 valence electrons. The average molecular weight is 355 g/mol. The summed E-state index contributed by atoms with van der Waals surface area (Å²) in [5.74, 6) is 0.782. The van der Waals surface area contributed by atoms with Crippen molar-refractivity contribution in [2.45, 2.75) is 45.4 Å². The Bertz CT molecular complexity index is 450. The van der Waals surface area contributed by atoms with Crippen molar-refractivity contribution in [2.75, 3.05) is 32.8 Å². The molecule has 0 aliphatic carbocycles. The SMILES string of the molecule is CCCCN=C(NOCCCN1CCCCC1)c1cccnc1.Cl. The van der Waals surface area contributed by atoms with Crippen LogP contribution in [0, 0.1) is 0 Å². The Morgan fingerprint density at radius 2 is 2.12 bits per heavy atom. The second kappa shape index (κ2) is 13.2. The molecule has 0 radical (unpaired) electrons. The lowest BCUT2D eigenvalue weighted by molar-refractivity contribution is 0.0742. The largest absolute Gasteiger partial charge is 0.303 e. The van der Waals surface area contributed by atoms with Crippen molar-refractivity contribution in [3.05, 3.63) is 30.1 Å². The highest BCUT2D eigenvalue weighted by molar-refractivity contribution is 5.97. The maximum absolute atomic E-state index is 5.64. The van der Waals surface area contributed by atoms with Crippen molar-refractivity contribution in [3.63, 3.8) is 0 Å². The van der Waals surface area contributed by atoms with Gasteiger partial charge in [0.1, 0.15) is 0 Å². The van der Waals surface area contributed by atoms with Crippen molar-refractivity contribution in [1.82, 2.24) is 15.4 Å². The van der Waals surface area contributed by atoms with Crippen LogP contribution in [0.2, 0.25) is 0 Å². The molecule has 1 aromatic heterocycles. The van der Waals surface area contributed by atoms with E-state index in [9.17, 15) is 0 Å². The van der Waals surface area contributed by atoms with Gasteiger partial charge >= 0.3 is 0 Å². The van der Waals surface area contributed by atoms with Crippen molar-refractivity contribution < 1.29 is 4.84 Å². The summed E-state index contributed by atoms with van der Waals surface area (Å²) >= 11 is 0. The highest BCUT2D eigenvalue weighted by Gasteiger charge is 2.09. The summed E-state index contributed by atoms with van der Waals surface area (Å²) in [4.78, 5) is 16.9. The van der Waals surface area contributed by atoms with Crippen molar-refractivity contribution in [2.24, 2.45) is 4.99 Å². The van der Waals surface area contributed by atoms with Gasteiger partial charge in [0, 0.05) is 31.0 Å². The van der Waals surface area contributed by atoms with Crippen LogP contribution in [0.25, 0.3) is 0 Å². The zero-order valence-electron chi connectivity index (χ0n) is 14.7. The molecule has 1 saturated heterocycles. The normalized spacial score (nSPS) is 15.8. The Hall–Kier alpha value is -1.17. The number of halogens is 1. The molecule has 0 saturated carbocycles. The predicted molar refractivity (Wildman–Crippen MR) is 102 cm³/mol. The number of rotatable bonds is 9. The van der Waals surface area contributed by atoms with E-state index in [4.69, 9.17) is 4.84 Å². The molecule has 1 aromatic rings. The maximum atomic E-state index is 5.64. The van der Waals surface area contributed by atoms with Crippen LogP contribution in [0.5, 0.6) is 0 Å². The zero-order chi connectivity index (χ0) is 16.2. The van der Waals surface area contributed by atoms with Gasteiger partial charge in [-0.1, -0.05) is 19.8 Å². The van der Waals surface area contributed by atoms with E-state index in [1.807, 2.05) is 18.3 Å². The zero-order valence-corrected chi connectivity index (χ0v) is 15.6. The van der Waals surface area contributed by atoms with E-state index in [1.165, 1.54) is 32.4 Å². The van der Waals surface area contributed by atoms with Crippen molar-refractivity contribution >= 4 is 18.2 Å². The minimum Gasteiger partial charge on any atom is -0.303 e. The van der Waals surface area contributed by atoms with E-state index in [2.05, 4.69) is 27.3 Å². The predicted octanol–water partition coefficient (Wildman–Crippen LogP) is 3.45. The van der Waals surface area contributed by atoms with Gasteiger partial charge in [-0.2, -0.15) is 0 Å². The van der Waals surface area contributed by atoms with Gasteiger partial charge < -0.3 is 4.90 Å². The molecular weight excluding hydrogens is 324 g/mol. The number of aliphatic imine (C=N–C) groups is 1. The summed E-state index contributed by atoms with van der Waals surface area (Å²) in [6, 6.07) is 3.92. The molecule has 0 atom stereocenters. The van der Waals surface area contributed by atoms with Crippen molar-refractivity contribution in [3.8, 4) is 0 Å². The summed E-state index contributed by atoms with van der Waals surface area (Å²) < 4.78 is 0. The summed E-state index contributed by atoms with van der Waals surface area (Å²) in [7, 11) is 0. The number of likely N-dealkylation sites (tertiary alicyclic amines) is 1. The molecule has 2 rings (SSSR count). The number of amidine groups is 1. The Balaban J connectivity index is 0.00000288. The van der Waals surface area contributed by atoms with Crippen LogP contribution in [0.1, 0.15) is 51.0 Å². The highest BCUT2D eigenvalue weighted by atomic mass is 35.5. The van der Waals surface area contributed by atoms with Crippen LogP contribution in [0.3, 0.4) is 0 Å². The smallest absolute Gasteiger partial charge is 0.153 e. The fraction of sp³-hybridized carbons (Fsp3) is 0.667. The second-order valence-corrected chi connectivity index (χ2v) is 6.03. The van der Waals surface area contributed by atoms with Gasteiger partial charge in [-0.25, -0.2) is 5.48 Å². The van der Waals surface area contributed by atoms with Crippen LogP contribution in [-0.2, 0) is 4.84 Å². The second-order valence-electron chi connectivity index (χ2n) is 6.03. The summed E-state index contributed by atoms with van der Waals surface area (Å²) in [5, 5.41) is 0. The van der Waals surface area contributed by atoms with Crippen LogP contribution in [-0.4, -0.2) is 48.5 Å². The van der Waals surface area contributed by atoms with Crippen LogP contribution < -0.4 is 5.48 Å². The van der Waals surface area contributed by atoms with Gasteiger partial charge in [-0.3, -0.25) is 14.8 Å². The van der Waals surface area contributed by atoms with Gasteiger partial charge in [0.05, 0.1) is 6.61 Å². The molecule has 0 spiro atoms. The molecule has 0 aromatic carbocycles. The number of nitrogens with zero attached hydrogens (tertiary/aromatic N) is 3. The first-order chi connectivity index (χ1) is 11.4. The van der Waals surface area contributed by atoms with E-state index in [0.29, 0.717) is 6.61 Å². The number of hydrogen-bond acceptors (Lipinski definition) is 4. The van der Waals surface area contributed by atoms with E-state index < -0.39 is 0 Å². The fourth-order valence-corrected chi connectivity index (χ4v) is 2.70. The first kappa shape index (κ1) is 20.9. The van der Waals surface area contributed by atoms with Gasteiger partial charge in [0.2, 0.25) is 0 Å². The van der Waals surface area contributed by atoms with Crippen molar-refractivity contribution in [1.29, 1.82) is 0 Å². The number of hydroxylamine groups is 1. The molecule has 24 heavy (non-hydrogen) atoms. The lowest BCUT2D eigenvalue weighted by Crippen LogP contribution is -2.32. The Kier molecular flexibility index (Phi) is 11.4. The summed E-state index contributed by atoms with van der Waals surface area (Å²) in [5.41, 5.74) is 4.00. The number of piperidine rings is 1.